The maximum atomic E-state index is 13.0. The molecule has 3 atom stereocenters. The second-order valence-electron chi connectivity index (χ2n) is 7.46. The Morgan fingerprint density at radius 3 is 2.67 bits per heavy atom. The van der Waals surface area contributed by atoms with Crippen molar-refractivity contribution >= 4 is 34.9 Å². The minimum Gasteiger partial charge on any atom is -0.354 e. The van der Waals surface area contributed by atoms with Crippen LogP contribution in [0.2, 0.25) is 0 Å². The maximum Gasteiger partial charge on any atom is 0.293 e. The minimum atomic E-state index is -0.372. The lowest BCUT2D eigenvalue weighted by atomic mass is 9.88. The van der Waals surface area contributed by atoms with Crippen molar-refractivity contribution in [3.05, 3.63) is 40.6 Å². The van der Waals surface area contributed by atoms with E-state index in [0.29, 0.717) is 22.3 Å². The monoisotopic (exact) mass is 388 g/mol. The van der Waals surface area contributed by atoms with Crippen LogP contribution < -0.4 is 5.32 Å². The normalized spacial score (nSPS) is 28.4. The molecule has 5 nitrogen and oxygen atoms in total. The van der Waals surface area contributed by atoms with Gasteiger partial charge in [-0.05, 0) is 66.6 Å². The van der Waals surface area contributed by atoms with E-state index in [1.165, 1.54) is 18.6 Å². The van der Waals surface area contributed by atoms with Gasteiger partial charge in [0.05, 0.1) is 4.91 Å². The van der Waals surface area contributed by atoms with Gasteiger partial charge < -0.3 is 5.32 Å². The first-order valence-electron chi connectivity index (χ1n) is 9.30. The molecule has 2 bridgehead atoms. The zero-order valence-corrected chi connectivity index (χ0v) is 15.6. The molecule has 1 heterocycles. The minimum absolute atomic E-state index is 0.0519. The average molecular weight is 388 g/mol. The number of amides is 3. The van der Waals surface area contributed by atoms with Gasteiger partial charge >= 0.3 is 0 Å². The largest absolute Gasteiger partial charge is 0.354 e. The van der Waals surface area contributed by atoms with Gasteiger partial charge in [0.2, 0.25) is 5.91 Å². The molecule has 2 aliphatic carbocycles. The van der Waals surface area contributed by atoms with Crippen LogP contribution >= 0.6 is 11.8 Å². The summed E-state index contributed by atoms with van der Waals surface area (Å²) in [7, 11) is 0. The van der Waals surface area contributed by atoms with Crippen LogP contribution in [0.3, 0.4) is 0 Å². The molecule has 1 saturated heterocycles. The lowest BCUT2D eigenvalue weighted by Gasteiger charge is -2.21. The van der Waals surface area contributed by atoms with Crippen molar-refractivity contribution in [1.29, 1.82) is 0 Å². The van der Waals surface area contributed by atoms with Crippen molar-refractivity contribution < 1.29 is 18.8 Å². The molecule has 4 rings (SSSR count). The summed E-state index contributed by atoms with van der Waals surface area (Å²) in [6.45, 7) is 0.437. The standard InChI is InChI=1S/C20H21FN2O3S/c21-15-5-2-12(3-6-15)11-17-19(25)23(20(26)27-17)8-7-22-18(24)16-10-13-1-4-14(16)9-13/h2-3,5-6,11,13-14,16H,1,4,7-10H2,(H,22,24)/b17-11-. The Balaban J connectivity index is 1.31. The number of carbonyl (C=O) groups is 3. The number of hydrogen-bond donors (Lipinski definition) is 1. The predicted molar refractivity (Wildman–Crippen MR) is 101 cm³/mol. The first kappa shape index (κ1) is 18.2. The van der Waals surface area contributed by atoms with Gasteiger partial charge in [0.1, 0.15) is 5.82 Å². The Hall–Kier alpha value is -2.15. The molecule has 7 heteroatoms. The SMILES string of the molecule is O=C(NCCN1C(=O)S/C(=C\c2ccc(F)cc2)C1=O)C1CC2CCC1C2. The van der Waals surface area contributed by atoms with Crippen molar-refractivity contribution in [3.63, 3.8) is 0 Å². The molecule has 1 aliphatic heterocycles. The zero-order chi connectivity index (χ0) is 19.0. The summed E-state index contributed by atoms with van der Waals surface area (Å²) in [5.74, 6) is 0.622. The second-order valence-corrected chi connectivity index (χ2v) is 8.45. The zero-order valence-electron chi connectivity index (χ0n) is 14.8. The summed E-state index contributed by atoms with van der Waals surface area (Å²) in [4.78, 5) is 38.4. The fourth-order valence-electron chi connectivity index (χ4n) is 4.39. The number of nitrogens with one attached hydrogen (secondary N) is 1. The van der Waals surface area contributed by atoms with Crippen LogP contribution in [0.1, 0.15) is 31.2 Å². The molecular formula is C20H21FN2O3S. The molecule has 3 aliphatic rings. The Bertz CT molecular complexity index is 808. The van der Waals surface area contributed by atoms with Crippen LogP contribution in [0.25, 0.3) is 6.08 Å². The highest BCUT2D eigenvalue weighted by Gasteiger charge is 2.43. The smallest absolute Gasteiger partial charge is 0.293 e. The second kappa shape index (κ2) is 7.46. The number of carbonyl (C=O) groups excluding carboxylic acids is 3. The van der Waals surface area contributed by atoms with Gasteiger partial charge in [-0.2, -0.15) is 0 Å². The molecule has 1 aromatic carbocycles. The van der Waals surface area contributed by atoms with Crippen LogP contribution in [0.15, 0.2) is 29.2 Å². The van der Waals surface area contributed by atoms with Gasteiger partial charge in [-0.25, -0.2) is 4.39 Å². The third-order valence-corrected chi connectivity index (χ3v) is 6.66. The number of fused-ring (bicyclic) bond motifs is 2. The summed E-state index contributed by atoms with van der Waals surface area (Å²) in [6.07, 6.45) is 6.09. The molecule has 27 heavy (non-hydrogen) atoms. The van der Waals surface area contributed by atoms with Gasteiger partial charge in [0.15, 0.2) is 0 Å². The summed E-state index contributed by atoms with van der Waals surface area (Å²) in [5.41, 5.74) is 0.659. The van der Waals surface area contributed by atoms with E-state index in [0.717, 1.165) is 35.9 Å². The van der Waals surface area contributed by atoms with Gasteiger partial charge in [-0.1, -0.05) is 18.6 Å². The summed E-state index contributed by atoms with van der Waals surface area (Å²) in [6, 6.07) is 5.72. The fraction of sp³-hybridized carbons (Fsp3) is 0.450. The van der Waals surface area contributed by atoms with Gasteiger partial charge in [-0.3, -0.25) is 19.3 Å². The highest BCUT2D eigenvalue weighted by atomic mass is 32.2. The van der Waals surface area contributed by atoms with E-state index >= 15 is 0 Å². The van der Waals surface area contributed by atoms with E-state index in [2.05, 4.69) is 5.32 Å². The molecule has 3 amide bonds. The number of thioether (sulfide) groups is 1. The first-order chi connectivity index (χ1) is 13.0. The van der Waals surface area contributed by atoms with Crippen LogP contribution in [-0.4, -0.2) is 35.0 Å². The third kappa shape index (κ3) is 3.78. The molecule has 0 radical (unpaired) electrons. The maximum absolute atomic E-state index is 13.0. The lowest BCUT2D eigenvalue weighted by Crippen LogP contribution is -2.40. The highest BCUT2D eigenvalue weighted by molar-refractivity contribution is 8.18. The van der Waals surface area contributed by atoms with E-state index in [9.17, 15) is 18.8 Å². The predicted octanol–water partition coefficient (Wildman–Crippen LogP) is 3.41. The van der Waals surface area contributed by atoms with Gasteiger partial charge in [0, 0.05) is 19.0 Å². The van der Waals surface area contributed by atoms with Crippen LogP contribution in [0, 0.1) is 23.6 Å². The highest BCUT2D eigenvalue weighted by Crippen LogP contribution is 2.48. The van der Waals surface area contributed by atoms with E-state index in [1.54, 1.807) is 18.2 Å². The first-order valence-corrected chi connectivity index (χ1v) is 10.1. The Labute approximate surface area is 161 Å². The average Bonchev–Trinajstić information content (AvgIpc) is 3.34. The van der Waals surface area contributed by atoms with Crippen molar-refractivity contribution in [2.24, 2.45) is 17.8 Å². The number of imide groups is 1. The molecule has 0 aromatic heterocycles. The van der Waals surface area contributed by atoms with Crippen LogP contribution in [-0.2, 0) is 9.59 Å². The van der Waals surface area contributed by atoms with Crippen molar-refractivity contribution in [2.75, 3.05) is 13.1 Å². The number of halogens is 1. The van der Waals surface area contributed by atoms with Crippen molar-refractivity contribution in [2.45, 2.75) is 25.7 Å². The Morgan fingerprint density at radius 1 is 1.22 bits per heavy atom. The van der Waals surface area contributed by atoms with Gasteiger partial charge in [0.25, 0.3) is 11.1 Å². The van der Waals surface area contributed by atoms with Crippen LogP contribution in [0.5, 0.6) is 0 Å². The lowest BCUT2D eigenvalue weighted by molar-refractivity contribution is -0.127. The number of benzene rings is 1. The molecule has 0 spiro atoms. The third-order valence-electron chi connectivity index (χ3n) is 5.75. The number of hydrogen-bond acceptors (Lipinski definition) is 4. The van der Waals surface area contributed by atoms with Crippen molar-refractivity contribution in [1.82, 2.24) is 10.2 Å². The topological polar surface area (TPSA) is 66.5 Å². The molecule has 2 saturated carbocycles. The molecule has 1 N–H and O–H groups in total. The van der Waals surface area contributed by atoms with Crippen molar-refractivity contribution in [3.8, 4) is 0 Å². The number of nitrogens with zero attached hydrogens (tertiary/aromatic N) is 1. The summed E-state index contributed by atoms with van der Waals surface area (Å²) < 4.78 is 13.0. The summed E-state index contributed by atoms with van der Waals surface area (Å²) >= 11 is 0.867. The van der Waals surface area contributed by atoms with Gasteiger partial charge in [-0.15, -0.1) is 0 Å². The summed E-state index contributed by atoms with van der Waals surface area (Å²) in [5, 5.41) is 2.55. The molecule has 142 valence electrons. The molecule has 1 aromatic rings. The fourth-order valence-corrected chi connectivity index (χ4v) is 5.26. The Kier molecular flexibility index (Phi) is 5.04. The van der Waals surface area contributed by atoms with E-state index in [4.69, 9.17) is 0 Å². The molecule has 3 fully saturated rings. The number of rotatable bonds is 5. The Morgan fingerprint density at radius 2 is 2.00 bits per heavy atom. The molecule has 3 unspecified atom stereocenters. The van der Waals surface area contributed by atoms with E-state index < -0.39 is 0 Å². The van der Waals surface area contributed by atoms with E-state index in [1.807, 2.05) is 0 Å². The van der Waals surface area contributed by atoms with E-state index in [-0.39, 0.29) is 41.9 Å². The molecular weight excluding hydrogens is 367 g/mol. The van der Waals surface area contributed by atoms with Crippen LogP contribution in [0.4, 0.5) is 9.18 Å². The quantitative estimate of drug-likeness (QED) is 0.785.